The second-order valence-electron chi connectivity index (χ2n) is 10.7. The summed E-state index contributed by atoms with van der Waals surface area (Å²) in [6, 6.07) is 14.6. The highest BCUT2D eigenvalue weighted by Gasteiger charge is 2.44. The van der Waals surface area contributed by atoms with Gasteiger partial charge in [0.15, 0.2) is 0 Å². The van der Waals surface area contributed by atoms with Crippen LogP contribution >= 0.6 is 23.2 Å². The maximum Gasteiger partial charge on any atom is 0.335 e. The molecule has 1 saturated heterocycles. The van der Waals surface area contributed by atoms with Crippen LogP contribution in [0.5, 0.6) is 0 Å². The number of hydrogen-bond donors (Lipinski definition) is 1. The summed E-state index contributed by atoms with van der Waals surface area (Å²) in [5.41, 5.74) is 5.13. The average Bonchev–Trinajstić information content (AvgIpc) is 3.66. The molecule has 38 heavy (non-hydrogen) atoms. The molecule has 7 rings (SSSR count). The van der Waals surface area contributed by atoms with Gasteiger partial charge in [-0.1, -0.05) is 40.5 Å². The second-order valence-corrected chi connectivity index (χ2v) is 11.5. The van der Waals surface area contributed by atoms with Gasteiger partial charge in [0.1, 0.15) is 17.3 Å². The van der Waals surface area contributed by atoms with Crippen molar-refractivity contribution in [2.45, 2.75) is 38.0 Å². The van der Waals surface area contributed by atoms with Gasteiger partial charge in [0.05, 0.1) is 21.1 Å². The molecule has 2 aromatic carbocycles. The molecule has 2 aliphatic carbocycles. The van der Waals surface area contributed by atoms with Gasteiger partial charge in [-0.2, -0.15) is 0 Å². The zero-order valence-corrected chi connectivity index (χ0v) is 22.1. The summed E-state index contributed by atoms with van der Waals surface area (Å²) in [6.07, 6.45) is 7.75. The molecule has 2 fully saturated rings. The molecule has 0 radical (unpaired) electrons. The van der Waals surface area contributed by atoms with Crippen molar-refractivity contribution < 1.29 is 14.4 Å². The van der Waals surface area contributed by atoms with E-state index in [-0.39, 0.29) is 11.0 Å². The first-order chi connectivity index (χ1) is 18.4. The molecule has 192 valence electrons. The summed E-state index contributed by atoms with van der Waals surface area (Å²) in [7, 11) is 0. The summed E-state index contributed by atoms with van der Waals surface area (Å²) >= 11 is 13.1. The number of halogens is 2. The summed E-state index contributed by atoms with van der Waals surface area (Å²) in [5.74, 6) is 1.41. The minimum atomic E-state index is -0.928. The van der Waals surface area contributed by atoms with Crippen molar-refractivity contribution in [1.82, 2.24) is 10.1 Å². The van der Waals surface area contributed by atoms with E-state index in [1.807, 2.05) is 30.3 Å². The number of carboxylic acid groups (broad SMARTS) is 1. The summed E-state index contributed by atoms with van der Waals surface area (Å²) in [4.78, 5) is 18.4. The first-order valence-corrected chi connectivity index (χ1v) is 13.7. The van der Waals surface area contributed by atoms with Crippen molar-refractivity contribution in [2.75, 3.05) is 18.0 Å². The van der Waals surface area contributed by atoms with E-state index in [1.54, 1.807) is 18.2 Å². The van der Waals surface area contributed by atoms with Crippen LogP contribution in [0.3, 0.4) is 0 Å². The minimum Gasteiger partial charge on any atom is -0.478 e. The molecule has 3 heterocycles. The van der Waals surface area contributed by atoms with Crippen LogP contribution in [-0.2, 0) is 0 Å². The van der Waals surface area contributed by atoms with Crippen LogP contribution in [0.15, 0.2) is 59.1 Å². The Kier molecular flexibility index (Phi) is 5.53. The van der Waals surface area contributed by atoms with Gasteiger partial charge in [0, 0.05) is 35.5 Å². The molecule has 4 aromatic rings. The van der Waals surface area contributed by atoms with Crippen molar-refractivity contribution in [2.24, 2.45) is 5.41 Å². The number of nitrogens with zero attached hydrogens (tertiary/aromatic N) is 3. The number of anilines is 1. The molecule has 1 aliphatic heterocycles. The van der Waals surface area contributed by atoms with Gasteiger partial charge in [-0.05, 0) is 85.6 Å². The van der Waals surface area contributed by atoms with E-state index in [0.29, 0.717) is 16.0 Å². The van der Waals surface area contributed by atoms with Crippen LogP contribution < -0.4 is 4.90 Å². The number of aromatic nitrogens is 2. The molecule has 1 spiro atoms. The molecule has 2 aromatic heterocycles. The third kappa shape index (κ3) is 3.98. The fourth-order valence-electron chi connectivity index (χ4n) is 5.94. The monoisotopic (exact) mass is 545 g/mol. The number of benzene rings is 2. The summed E-state index contributed by atoms with van der Waals surface area (Å²) < 4.78 is 5.89. The van der Waals surface area contributed by atoms with Crippen molar-refractivity contribution >= 4 is 51.5 Å². The lowest BCUT2D eigenvalue weighted by atomic mass is 9.63. The lowest BCUT2D eigenvalue weighted by Gasteiger charge is -2.46. The fraction of sp³-hybridized carbons (Fsp3) is 0.300. The van der Waals surface area contributed by atoms with Crippen LogP contribution in [0.25, 0.3) is 27.7 Å². The number of carbonyl (C=O) groups is 1. The Morgan fingerprint density at radius 1 is 1.03 bits per heavy atom. The van der Waals surface area contributed by atoms with Crippen molar-refractivity contribution in [3.8, 4) is 11.3 Å². The van der Waals surface area contributed by atoms with Gasteiger partial charge in [-0.25, -0.2) is 9.78 Å². The number of aromatic carboxylic acids is 1. The molecule has 0 atom stereocenters. The standard InChI is InChI=1S/C30H25Cl2N3O3/c31-21-2-1-3-22(32)26(21)27-25(28(38-34-27)17-4-5-17)20-15-30(16-20)10-12-35(13-11-30)24-9-7-18-14-19(29(36)37)6-8-23(18)33-24/h1-3,6-9,14-15,17H,4-5,10-13,16H2,(H,36,37). The number of carboxylic acids is 1. The third-order valence-electron chi connectivity index (χ3n) is 8.21. The first kappa shape index (κ1) is 23.7. The Bertz CT molecular complexity index is 1610. The average molecular weight is 546 g/mol. The Labute approximate surface area is 229 Å². The molecule has 0 amide bonds. The molecule has 6 nitrogen and oxygen atoms in total. The lowest BCUT2D eigenvalue weighted by molar-refractivity contribution is 0.0697. The molecule has 8 heteroatoms. The van der Waals surface area contributed by atoms with E-state index in [2.05, 4.69) is 16.1 Å². The normalized spacial score (nSPS) is 18.5. The highest BCUT2D eigenvalue weighted by atomic mass is 35.5. The Morgan fingerprint density at radius 2 is 1.76 bits per heavy atom. The highest BCUT2D eigenvalue weighted by Crippen LogP contribution is 2.56. The van der Waals surface area contributed by atoms with Crippen LogP contribution in [0.1, 0.15) is 59.7 Å². The number of pyridine rings is 1. The van der Waals surface area contributed by atoms with Gasteiger partial charge < -0.3 is 14.5 Å². The first-order valence-electron chi connectivity index (χ1n) is 13.0. The van der Waals surface area contributed by atoms with E-state index in [0.717, 1.165) is 84.5 Å². The Balaban J connectivity index is 1.13. The van der Waals surface area contributed by atoms with Crippen LogP contribution in [0.2, 0.25) is 10.0 Å². The van der Waals surface area contributed by atoms with E-state index >= 15 is 0 Å². The van der Waals surface area contributed by atoms with Gasteiger partial charge >= 0.3 is 5.97 Å². The second kappa shape index (κ2) is 8.85. The lowest BCUT2D eigenvalue weighted by Crippen LogP contribution is -2.42. The van der Waals surface area contributed by atoms with Crippen LogP contribution in [-0.4, -0.2) is 34.3 Å². The van der Waals surface area contributed by atoms with E-state index in [9.17, 15) is 9.90 Å². The third-order valence-corrected chi connectivity index (χ3v) is 8.84. The topological polar surface area (TPSA) is 79.5 Å². The van der Waals surface area contributed by atoms with Crippen LogP contribution in [0, 0.1) is 5.41 Å². The molecule has 3 aliphatic rings. The Hall–Kier alpha value is -3.35. The van der Waals surface area contributed by atoms with E-state index in [4.69, 9.17) is 32.7 Å². The predicted octanol–water partition coefficient (Wildman–Crippen LogP) is 7.85. The maximum absolute atomic E-state index is 11.3. The summed E-state index contributed by atoms with van der Waals surface area (Å²) in [6.45, 7) is 1.83. The molecule has 1 N–H and O–H groups in total. The summed E-state index contributed by atoms with van der Waals surface area (Å²) in [5, 5.41) is 15.7. The Morgan fingerprint density at radius 3 is 2.45 bits per heavy atom. The van der Waals surface area contributed by atoms with Gasteiger partial charge in [0.2, 0.25) is 0 Å². The molecule has 0 unspecified atom stereocenters. The van der Waals surface area contributed by atoms with Gasteiger partial charge in [0.25, 0.3) is 0 Å². The van der Waals surface area contributed by atoms with Crippen molar-refractivity contribution in [3.63, 3.8) is 0 Å². The number of fused-ring (bicyclic) bond motifs is 1. The zero-order chi connectivity index (χ0) is 26.0. The van der Waals surface area contributed by atoms with Crippen molar-refractivity contribution in [3.05, 3.63) is 81.5 Å². The van der Waals surface area contributed by atoms with Gasteiger partial charge in [-0.3, -0.25) is 0 Å². The smallest absolute Gasteiger partial charge is 0.335 e. The molecular formula is C30H25Cl2N3O3. The predicted molar refractivity (Wildman–Crippen MR) is 149 cm³/mol. The molecule has 0 bridgehead atoms. The largest absolute Gasteiger partial charge is 0.478 e. The van der Waals surface area contributed by atoms with E-state index in [1.165, 1.54) is 5.57 Å². The molecular weight excluding hydrogens is 521 g/mol. The number of piperidine rings is 1. The van der Waals surface area contributed by atoms with Crippen molar-refractivity contribution in [1.29, 1.82) is 0 Å². The van der Waals surface area contributed by atoms with E-state index < -0.39 is 5.97 Å². The molecule has 1 saturated carbocycles. The maximum atomic E-state index is 11.3. The SMILES string of the molecule is O=C(O)c1ccc2nc(N3CCC4(C=C(c5c(-c6c(Cl)cccc6Cl)noc5C5CC5)C4)CC3)ccc2c1. The number of allylic oxidation sites excluding steroid dienone is 2. The quantitative estimate of drug-likeness (QED) is 0.275. The van der Waals surface area contributed by atoms with Crippen LogP contribution in [0.4, 0.5) is 5.82 Å². The fourth-order valence-corrected chi connectivity index (χ4v) is 6.52. The minimum absolute atomic E-state index is 0.165. The zero-order valence-electron chi connectivity index (χ0n) is 20.6. The highest BCUT2D eigenvalue weighted by molar-refractivity contribution is 6.39. The number of hydrogen-bond acceptors (Lipinski definition) is 5. The van der Waals surface area contributed by atoms with Gasteiger partial charge in [-0.15, -0.1) is 0 Å². The number of rotatable bonds is 5.